The second-order valence-corrected chi connectivity index (χ2v) is 3.62. The standard InChI is InChI=1S/C11H15N3O5/c1-4-7-9(6(2)19-14-7)10(16)18-5-8(15)13-11(17)12-3/h4-5H2,1-3H3,(H2,12,13,15,17). The van der Waals surface area contributed by atoms with Crippen LogP contribution in [0.2, 0.25) is 0 Å². The van der Waals surface area contributed by atoms with E-state index in [1.807, 2.05) is 12.2 Å². The summed E-state index contributed by atoms with van der Waals surface area (Å²) in [6, 6.07) is -0.670. The zero-order valence-electron chi connectivity index (χ0n) is 10.9. The predicted molar refractivity (Wildman–Crippen MR) is 63.5 cm³/mol. The topological polar surface area (TPSA) is 111 Å². The summed E-state index contributed by atoms with van der Waals surface area (Å²) in [6.07, 6.45) is 0.506. The van der Waals surface area contributed by atoms with E-state index < -0.39 is 24.5 Å². The number of esters is 1. The molecule has 0 radical (unpaired) electrons. The summed E-state index contributed by atoms with van der Waals surface area (Å²) < 4.78 is 9.67. The number of nitrogens with one attached hydrogen (secondary N) is 2. The van der Waals surface area contributed by atoms with Crippen LogP contribution in [0.25, 0.3) is 0 Å². The van der Waals surface area contributed by atoms with E-state index in [0.29, 0.717) is 17.9 Å². The van der Waals surface area contributed by atoms with Crippen LogP contribution in [-0.2, 0) is 16.0 Å². The molecule has 0 saturated carbocycles. The van der Waals surface area contributed by atoms with Crippen molar-refractivity contribution in [2.75, 3.05) is 13.7 Å². The van der Waals surface area contributed by atoms with Gasteiger partial charge in [-0.2, -0.15) is 0 Å². The van der Waals surface area contributed by atoms with Gasteiger partial charge in [0.05, 0.1) is 5.69 Å². The molecule has 0 aliphatic heterocycles. The number of amides is 3. The maximum Gasteiger partial charge on any atom is 0.344 e. The Labute approximate surface area is 109 Å². The molecule has 8 heteroatoms. The van der Waals surface area contributed by atoms with Crippen LogP contribution < -0.4 is 10.6 Å². The van der Waals surface area contributed by atoms with E-state index in [1.165, 1.54) is 7.05 Å². The third-order valence-electron chi connectivity index (χ3n) is 2.29. The third-order valence-corrected chi connectivity index (χ3v) is 2.29. The van der Waals surface area contributed by atoms with Crippen LogP contribution in [0.1, 0.15) is 28.7 Å². The molecule has 0 aliphatic carbocycles. The van der Waals surface area contributed by atoms with Gasteiger partial charge in [0.1, 0.15) is 11.3 Å². The highest BCUT2D eigenvalue weighted by Crippen LogP contribution is 2.14. The number of carbonyl (C=O) groups is 3. The molecule has 0 spiro atoms. The Morgan fingerprint density at radius 3 is 2.63 bits per heavy atom. The van der Waals surface area contributed by atoms with Gasteiger partial charge in [-0.25, -0.2) is 9.59 Å². The minimum atomic E-state index is -0.722. The Hall–Kier alpha value is -2.38. The quantitative estimate of drug-likeness (QED) is 0.753. The first-order chi connectivity index (χ1) is 8.99. The minimum Gasteiger partial charge on any atom is -0.452 e. The van der Waals surface area contributed by atoms with Gasteiger partial charge in [-0.1, -0.05) is 12.1 Å². The Balaban J connectivity index is 2.58. The highest BCUT2D eigenvalue weighted by Gasteiger charge is 2.21. The molecule has 0 saturated heterocycles. The summed E-state index contributed by atoms with van der Waals surface area (Å²) in [6.45, 7) is 2.83. The fourth-order valence-electron chi connectivity index (χ4n) is 1.35. The lowest BCUT2D eigenvalue weighted by Crippen LogP contribution is -2.39. The summed E-state index contributed by atoms with van der Waals surface area (Å²) in [5, 5.41) is 7.87. The van der Waals surface area contributed by atoms with Gasteiger partial charge >= 0.3 is 12.0 Å². The molecule has 0 fully saturated rings. The van der Waals surface area contributed by atoms with Crippen molar-refractivity contribution in [1.29, 1.82) is 0 Å². The number of imide groups is 1. The smallest absolute Gasteiger partial charge is 0.344 e. The molecule has 2 N–H and O–H groups in total. The maximum atomic E-state index is 11.8. The van der Waals surface area contributed by atoms with Crippen LogP contribution in [0.15, 0.2) is 4.52 Å². The van der Waals surface area contributed by atoms with Crippen molar-refractivity contribution < 1.29 is 23.6 Å². The molecule has 104 valence electrons. The van der Waals surface area contributed by atoms with Crippen molar-refractivity contribution in [2.45, 2.75) is 20.3 Å². The van der Waals surface area contributed by atoms with Gasteiger partial charge in [-0.3, -0.25) is 10.1 Å². The molecular weight excluding hydrogens is 254 g/mol. The van der Waals surface area contributed by atoms with Gasteiger partial charge in [0.2, 0.25) is 0 Å². The summed E-state index contributed by atoms with van der Waals surface area (Å²) in [4.78, 5) is 33.8. The fourth-order valence-corrected chi connectivity index (χ4v) is 1.35. The van der Waals surface area contributed by atoms with Crippen LogP contribution in [0.3, 0.4) is 0 Å². The van der Waals surface area contributed by atoms with Crippen molar-refractivity contribution in [1.82, 2.24) is 15.8 Å². The number of carbonyl (C=O) groups excluding carboxylic acids is 3. The number of urea groups is 1. The molecule has 0 aliphatic rings. The Bertz CT molecular complexity index is 495. The maximum absolute atomic E-state index is 11.8. The first kappa shape index (κ1) is 14.7. The molecule has 0 unspecified atom stereocenters. The van der Waals surface area contributed by atoms with E-state index >= 15 is 0 Å². The molecule has 1 heterocycles. The number of ether oxygens (including phenoxy) is 1. The molecule has 0 bridgehead atoms. The molecule has 3 amide bonds. The highest BCUT2D eigenvalue weighted by molar-refractivity contribution is 5.97. The average molecular weight is 269 g/mol. The molecule has 1 rings (SSSR count). The van der Waals surface area contributed by atoms with E-state index in [0.717, 1.165) is 0 Å². The van der Waals surface area contributed by atoms with Gasteiger partial charge in [-0.05, 0) is 13.3 Å². The molecule has 0 aromatic carbocycles. The summed E-state index contributed by atoms with van der Waals surface area (Å²) in [7, 11) is 1.36. The lowest BCUT2D eigenvalue weighted by atomic mass is 10.1. The van der Waals surface area contributed by atoms with Crippen molar-refractivity contribution in [2.24, 2.45) is 0 Å². The highest BCUT2D eigenvalue weighted by atomic mass is 16.5. The Morgan fingerprint density at radius 2 is 2.05 bits per heavy atom. The number of rotatable bonds is 4. The first-order valence-corrected chi connectivity index (χ1v) is 5.63. The van der Waals surface area contributed by atoms with Gasteiger partial charge in [-0.15, -0.1) is 0 Å². The number of hydrogen-bond donors (Lipinski definition) is 2. The third kappa shape index (κ3) is 3.80. The van der Waals surface area contributed by atoms with E-state index in [4.69, 9.17) is 9.26 Å². The number of aromatic nitrogens is 1. The zero-order valence-corrected chi connectivity index (χ0v) is 10.9. The van der Waals surface area contributed by atoms with Crippen LogP contribution in [0, 0.1) is 6.92 Å². The largest absolute Gasteiger partial charge is 0.452 e. The molecule has 0 atom stereocenters. The average Bonchev–Trinajstić information content (AvgIpc) is 2.76. The summed E-state index contributed by atoms with van der Waals surface area (Å²) in [5.41, 5.74) is 0.685. The predicted octanol–water partition coefficient (Wildman–Crippen LogP) is 0.158. The van der Waals surface area contributed by atoms with E-state index in [9.17, 15) is 14.4 Å². The van der Waals surface area contributed by atoms with E-state index in [1.54, 1.807) is 6.92 Å². The van der Waals surface area contributed by atoms with Crippen LogP contribution in [0.5, 0.6) is 0 Å². The number of nitrogens with zero attached hydrogens (tertiary/aromatic N) is 1. The number of aryl methyl sites for hydroxylation is 2. The van der Waals surface area contributed by atoms with Gasteiger partial charge < -0.3 is 14.6 Å². The summed E-state index contributed by atoms with van der Waals surface area (Å²) in [5.74, 6) is -1.10. The van der Waals surface area contributed by atoms with Crippen LogP contribution in [-0.4, -0.2) is 36.7 Å². The second kappa shape index (κ2) is 6.53. The second-order valence-electron chi connectivity index (χ2n) is 3.62. The lowest BCUT2D eigenvalue weighted by Gasteiger charge is -2.05. The SMILES string of the molecule is CCc1noc(C)c1C(=O)OCC(=O)NC(=O)NC. The van der Waals surface area contributed by atoms with Gasteiger partial charge in [0.25, 0.3) is 5.91 Å². The Morgan fingerprint density at radius 1 is 1.37 bits per heavy atom. The van der Waals surface area contributed by atoms with Crippen molar-refractivity contribution >= 4 is 17.9 Å². The molecule has 1 aromatic heterocycles. The first-order valence-electron chi connectivity index (χ1n) is 5.63. The minimum absolute atomic E-state index is 0.218. The van der Waals surface area contributed by atoms with Crippen LogP contribution in [0.4, 0.5) is 4.79 Å². The Kier molecular flexibility index (Phi) is 5.04. The zero-order chi connectivity index (χ0) is 14.4. The van der Waals surface area contributed by atoms with Crippen molar-refractivity contribution in [3.05, 3.63) is 17.0 Å². The van der Waals surface area contributed by atoms with Crippen molar-refractivity contribution in [3.8, 4) is 0 Å². The monoisotopic (exact) mass is 269 g/mol. The number of hydrogen-bond acceptors (Lipinski definition) is 6. The fraction of sp³-hybridized carbons (Fsp3) is 0.455. The van der Waals surface area contributed by atoms with Crippen molar-refractivity contribution in [3.63, 3.8) is 0 Å². The lowest BCUT2D eigenvalue weighted by molar-refractivity contribution is -0.123. The normalized spacial score (nSPS) is 9.84. The van der Waals surface area contributed by atoms with Gasteiger partial charge in [0, 0.05) is 7.05 Å². The van der Waals surface area contributed by atoms with E-state index in [-0.39, 0.29) is 5.56 Å². The van der Waals surface area contributed by atoms with Gasteiger partial charge in [0.15, 0.2) is 6.61 Å². The molecule has 8 nitrogen and oxygen atoms in total. The molecule has 1 aromatic rings. The molecular formula is C11H15N3O5. The molecule has 19 heavy (non-hydrogen) atoms. The summed E-state index contributed by atoms with van der Waals surface area (Å²) >= 11 is 0. The van der Waals surface area contributed by atoms with Crippen LogP contribution >= 0.6 is 0 Å². The van der Waals surface area contributed by atoms with E-state index in [2.05, 4.69) is 10.5 Å².